The first-order valence-corrected chi connectivity index (χ1v) is 8.76. The van der Waals surface area contributed by atoms with E-state index in [9.17, 15) is 4.39 Å². The molecule has 2 unspecified atom stereocenters. The Bertz CT molecular complexity index is 801. The van der Waals surface area contributed by atoms with Gasteiger partial charge in [-0.1, -0.05) is 22.0 Å². The summed E-state index contributed by atoms with van der Waals surface area (Å²) in [6.45, 7) is 2.73. The van der Waals surface area contributed by atoms with Crippen molar-refractivity contribution < 1.29 is 23.3 Å². The lowest BCUT2D eigenvalue weighted by atomic mass is 10.0. The third-order valence-corrected chi connectivity index (χ3v) is 5.05. The summed E-state index contributed by atoms with van der Waals surface area (Å²) in [5.74, 6) is 2.67. The second-order valence-corrected chi connectivity index (χ2v) is 6.84. The van der Waals surface area contributed by atoms with Crippen molar-refractivity contribution in [2.45, 2.75) is 25.7 Å². The molecule has 0 saturated carbocycles. The van der Waals surface area contributed by atoms with Crippen molar-refractivity contribution in [3.05, 3.63) is 45.9 Å². The zero-order chi connectivity index (χ0) is 17.4. The second kappa shape index (κ2) is 6.72. The molecule has 0 saturated heterocycles. The molecule has 2 aliphatic heterocycles. The third-order valence-electron chi connectivity index (χ3n) is 4.31. The van der Waals surface area contributed by atoms with Crippen molar-refractivity contribution in [1.29, 1.82) is 0 Å². The summed E-state index contributed by atoms with van der Waals surface area (Å²) in [6, 6.07) is 8.56. The number of hydrogen-bond donors (Lipinski definition) is 1. The highest BCUT2D eigenvalue weighted by Gasteiger charge is 2.23. The molecule has 7 heteroatoms. The van der Waals surface area contributed by atoms with Crippen LogP contribution in [0.2, 0.25) is 0 Å². The van der Waals surface area contributed by atoms with Gasteiger partial charge in [-0.05, 0) is 42.3 Å². The minimum atomic E-state index is -1.16. The highest BCUT2D eigenvalue weighted by atomic mass is 79.9. The first-order chi connectivity index (χ1) is 12.1. The lowest BCUT2D eigenvalue weighted by molar-refractivity contribution is 0.173. The molecule has 1 N–H and O–H groups in total. The Morgan fingerprint density at radius 2 is 1.64 bits per heavy atom. The van der Waals surface area contributed by atoms with E-state index in [1.165, 1.54) is 0 Å². The molecule has 132 valence electrons. The van der Waals surface area contributed by atoms with E-state index in [1.807, 2.05) is 19.1 Å². The number of ether oxygens (including phenoxy) is 4. The molecule has 4 rings (SSSR count). The van der Waals surface area contributed by atoms with Crippen molar-refractivity contribution in [1.82, 2.24) is 5.32 Å². The number of alkyl halides is 1. The highest BCUT2D eigenvalue weighted by Crippen LogP contribution is 2.38. The average molecular weight is 410 g/mol. The van der Waals surface area contributed by atoms with Crippen LogP contribution in [0, 0.1) is 0 Å². The van der Waals surface area contributed by atoms with Crippen LogP contribution in [0.4, 0.5) is 4.39 Å². The molecule has 25 heavy (non-hydrogen) atoms. The van der Waals surface area contributed by atoms with Crippen LogP contribution in [-0.4, -0.2) is 19.6 Å². The summed E-state index contributed by atoms with van der Waals surface area (Å²) in [4.78, 5) is 0. The summed E-state index contributed by atoms with van der Waals surface area (Å²) >= 11 is 3.52. The standard InChI is InChI=1S/C18H17BrFNO4/c1-10(18(20)11-2-3-14-15(4-11)23-8-22-14)21-7-12-5-16-17(6-13(12)19)25-9-24-16/h2-6,10,18,21H,7-9H2,1H3. The van der Waals surface area contributed by atoms with Crippen LogP contribution in [0.5, 0.6) is 23.0 Å². The SMILES string of the molecule is CC(NCc1cc2c(cc1Br)OCO2)C(F)c1ccc2c(c1)OCO2. The van der Waals surface area contributed by atoms with Gasteiger partial charge in [0, 0.05) is 17.1 Å². The molecular weight excluding hydrogens is 393 g/mol. The van der Waals surface area contributed by atoms with Gasteiger partial charge in [0.15, 0.2) is 23.0 Å². The van der Waals surface area contributed by atoms with Gasteiger partial charge in [0.1, 0.15) is 6.17 Å². The Balaban J connectivity index is 1.43. The fourth-order valence-electron chi connectivity index (χ4n) is 2.84. The van der Waals surface area contributed by atoms with E-state index in [2.05, 4.69) is 21.2 Å². The van der Waals surface area contributed by atoms with E-state index in [1.54, 1.807) is 18.2 Å². The molecule has 0 bridgehead atoms. The van der Waals surface area contributed by atoms with Crippen LogP contribution in [0.1, 0.15) is 24.2 Å². The maximum absolute atomic E-state index is 14.8. The minimum absolute atomic E-state index is 0.182. The zero-order valence-corrected chi connectivity index (χ0v) is 15.1. The van der Waals surface area contributed by atoms with E-state index in [0.717, 1.165) is 10.0 Å². The van der Waals surface area contributed by atoms with Crippen LogP contribution < -0.4 is 24.3 Å². The first-order valence-electron chi connectivity index (χ1n) is 7.97. The average Bonchev–Trinajstić information content (AvgIpc) is 3.26. The maximum Gasteiger partial charge on any atom is 0.231 e. The lowest BCUT2D eigenvalue weighted by Crippen LogP contribution is -2.30. The van der Waals surface area contributed by atoms with Crippen LogP contribution in [0.25, 0.3) is 0 Å². The van der Waals surface area contributed by atoms with E-state index >= 15 is 0 Å². The fraction of sp³-hybridized carbons (Fsp3) is 0.333. The van der Waals surface area contributed by atoms with Crippen molar-refractivity contribution >= 4 is 15.9 Å². The summed E-state index contributed by atoms with van der Waals surface area (Å²) < 4.78 is 37.0. The topological polar surface area (TPSA) is 49.0 Å². The predicted molar refractivity (Wildman–Crippen MR) is 93.0 cm³/mol. The molecule has 5 nitrogen and oxygen atoms in total. The molecule has 2 atom stereocenters. The fourth-order valence-corrected chi connectivity index (χ4v) is 3.31. The van der Waals surface area contributed by atoms with Crippen molar-refractivity contribution in [2.75, 3.05) is 13.6 Å². The maximum atomic E-state index is 14.8. The highest BCUT2D eigenvalue weighted by molar-refractivity contribution is 9.10. The van der Waals surface area contributed by atoms with Crippen molar-refractivity contribution in [2.24, 2.45) is 0 Å². The molecule has 0 radical (unpaired) electrons. The van der Waals surface area contributed by atoms with E-state index < -0.39 is 6.17 Å². The molecule has 0 amide bonds. The van der Waals surface area contributed by atoms with Crippen LogP contribution in [-0.2, 0) is 6.54 Å². The summed E-state index contributed by atoms with van der Waals surface area (Å²) in [5.41, 5.74) is 1.54. The Kier molecular flexibility index (Phi) is 4.43. The Hall–Kier alpha value is -1.99. The molecule has 0 fully saturated rings. The summed E-state index contributed by atoms with van der Waals surface area (Å²) in [5, 5.41) is 3.22. The van der Waals surface area contributed by atoms with Gasteiger partial charge in [-0.25, -0.2) is 4.39 Å². The van der Waals surface area contributed by atoms with Gasteiger partial charge in [0.05, 0.1) is 0 Å². The molecule has 0 aromatic heterocycles. The number of hydrogen-bond acceptors (Lipinski definition) is 5. The molecule has 2 aromatic rings. The number of nitrogens with one attached hydrogen (secondary N) is 1. The lowest BCUT2D eigenvalue weighted by Gasteiger charge is -2.19. The van der Waals surface area contributed by atoms with Crippen LogP contribution >= 0.6 is 15.9 Å². The minimum Gasteiger partial charge on any atom is -0.454 e. The van der Waals surface area contributed by atoms with Gasteiger partial charge in [-0.3, -0.25) is 0 Å². The number of fused-ring (bicyclic) bond motifs is 2. The Labute approximate surface area is 153 Å². The van der Waals surface area contributed by atoms with Crippen LogP contribution in [0.15, 0.2) is 34.8 Å². The molecule has 0 aliphatic carbocycles. The van der Waals surface area contributed by atoms with Gasteiger partial charge in [-0.2, -0.15) is 0 Å². The second-order valence-electron chi connectivity index (χ2n) is 5.98. The molecule has 0 spiro atoms. The monoisotopic (exact) mass is 409 g/mol. The molecule has 2 aromatic carbocycles. The number of rotatable bonds is 5. The van der Waals surface area contributed by atoms with Crippen molar-refractivity contribution in [3.8, 4) is 23.0 Å². The molecule has 2 heterocycles. The molecule has 2 aliphatic rings. The Morgan fingerprint density at radius 1 is 1.00 bits per heavy atom. The zero-order valence-electron chi connectivity index (χ0n) is 13.6. The van der Waals surface area contributed by atoms with Gasteiger partial charge in [-0.15, -0.1) is 0 Å². The summed E-state index contributed by atoms with van der Waals surface area (Å²) in [7, 11) is 0. The molecular formula is C18H17BrFNO4. The van der Waals surface area contributed by atoms with Gasteiger partial charge >= 0.3 is 0 Å². The van der Waals surface area contributed by atoms with E-state index in [4.69, 9.17) is 18.9 Å². The quantitative estimate of drug-likeness (QED) is 0.805. The van der Waals surface area contributed by atoms with Gasteiger partial charge < -0.3 is 24.3 Å². The predicted octanol–water partition coefficient (Wildman–Crippen LogP) is 4.10. The Morgan fingerprint density at radius 3 is 2.40 bits per heavy atom. The van der Waals surface area contributed by atoms with E-state index in [0.29, 0.717) is 35.1 Å². The smallest absolute Gasteiger partial charge is 0.231 e. The summed E-state index contributed by atoms with van der Waals surface area (Å²) in [6.07, 6.45) is -1.16. The van der Waals surface area contributed by atoms with Crippen LogP contribution in [0.3, 0.4) is 0 Å². The number of halogens is 2. The van der Waals surface area contributed by atoms with Gasteiger partial charge in [0.2, 0.25) is 13.6 Å². The first kappa shape index (κ1) is 16.5. The van der Waals surface area contributed by atoms with E-state index in [-0.39, 0.29) is 19.6 Å². The largest absolute Gasteiger partial charge is 0.454 e. The normalized spacial score (nSPS) is 16.8. The van der Waals surface area contributed by atoms with Crippen molar-refractivity contribution in [3.63, 3.8) is 0 Å². The van der Waals surface area contributed by atoms with Gasteiger partial charge in [0.25, 0.3) is 0 Å². The third kappa shape index (κ3) is 3.26. The number of benzene rings is 2.